The summed E-state index contributed by atoms with van der Waals surface area (Å²) in [6.07, 6.45) is -0.717. The van der Waals surface area contributed by atoms with Crippen LogP contribution >= 0.6 is 0 Å². The molecule has 1 aromatic rings. The summed E-state index contributed by atoms with van der Waals surface area (Å²) < 4.78 is 0. The first-order chi connectivity index (χ1) is 7.76. The van der Waals surface area contributed by atoms with E-state index in [0.717, 1.165) is 17.0 Å². The molecule has 0 aliphatic carbocycles. The number of nitrogens with one attached hydrogen (secondary N) is 1. The fourth-order valence-electron chi connectivity index (χ4n) is 1.70. The van der Waals surface area contributed by atoms with E-state index < -0.39 is 6.10 Å². The third-order valence-electron chi connectivity index (χ3n) is 2.50. The lowest BCUT2D eigenvalue weighted by atomic mass is 10.2. The molecule has 0 aliphatic heterocycles. The molecule has 0 aromatic heterocycles. The Labute approximate surface area is 95.8 Å². The van der Waals surface area contributed by atoms with Crippen molar-refractivity contribution in [1.29, 1.82) is 0 Å². The van der Waals surface area contributed by atoms with Crippen molar-refractivity contribution in [3.05, 3.63) is 35.9 Å². The monoisotopic (exact) mass is 226 g/mol. The summed E-state index contributed by atoms with van der Waals surface area (Å²) in [5, 5.41) is 27.1. The van der Waals surface area contributed by atoms with Gasteiger partial charge in [0, 0.05) is 5.56 Å². The number of aliphatic hydroxyl groups is 3. The first-order valence-corrected chi connectivity index (χ1v) is 5.53. The molecule has 0 aliphatic rings. The van der Waals surface area contributed by atoms with Gasteiger partial charge in [0.1, 0.15) is 25.7 Å². The van der Waals surface area contributed by atoms with Gasteiger partial charge in [-0.2, -0.15) is 0 Å². The molecule has 1 aromatic carbocycles. The number of quaternary nitrogens is 1. The molecule has 0 saturated carbocycles. The van der Waals surface area contributed by atoms with Crippen molar-refractivity contribution in [2.24, 2.45) is 0 Å². The summed E-state index contributed by atoms with van der Waals surface area (Å²) in [6.45, 7) is 1.63. The lowest BCUT2D eigenvalue weighted by Crippen LogP contribution is -3.12. The van der Waals surface area contributed by atoms with E-state index >= 15 is 0 Å². The summed E-state index contributed by atoms with van der Waals surface area (Å²) in [4.78, 5) is 1.07. The molecule has 90 valence electrons. The summed E-state index contributed by atoms with van der Waals surface area (Å²) in [5.41, 5.74) is 1.16. The first kappa shape index (κ1) is 13.1. The average molecular weight is 226 g/mol. The Hall–Kier alpha value is -0.940. The molecule has 0 radical (unpaired) electrons. The highest BCUT2D eigenvalue weighted by Gasteiger charge is 2.14. The van der Waals surface area contributed by atoms with Crippen LogP contribution in [-0.2, 0) is 6.54 Å². The van der Waals surface area contributed by atoms with Crippen LogP contribution in [-0.4, -0.2) is 47.7 Å². The van der Waals surface area contributed by atoms with Gasteiger partial charge in [-0.05, 0) is 0 Å². The minimum Gasteiger partial charge on any atom is -0.393 e. The summed E-state index contributed by atoms with van der Waals surface area (Å²) >= 11 is 0. The largest absolute Gasteiger partial charge is 0.393 e. The van der Waals surface area contributed by atoms with Crippen LogP contribution in [0.5, 0.6) is 0 Å². The molecule has 4 nitrogen and oxygen atoms in total. The second-order valence-electron chi connectivity index (χ2n) is 3.93. The minimum atomic E-state index is -0.717. The Morgan fingerprint density at radius 3 is 2.38 bits per heavy atom. The molecular weight excluding hydrogens is 206 g/mol. The Balaban J connectivity index is 2.50. The third-order valence-corrected chi connectivity index (χ3v) is 2.50. The Morgan fingerprint density at radius 1 is 1.12 bits per heavy atom. The maximum atomic E-state index is 9.38. The van der Waals surface area contributed by atoms with Crippen LogP contribution in [0, 0.1) is 0 Å². The predicted molar refractivity (Wildman–Crippen MR) is 61.0 cm³/mol. The smallest absolute Gasteiger partial charge is 0.126 e. The number of hydrogen-bond donors (Lipinski definition) is 4. The molecule has 0 amide bonds. The maximum Gasteiger partial charge on any atom is 0.126 e. The molecule has 4 N–H and O–H groups in total. The van der Waals surface area contributed by atoms with Gasteiger partial charge in [0.15, 0.2) is 0 Å². The summed E-state index contributed by atoms with van der Waals surface area (Å²) in [5.74, 6) is 0. The summed E-state index contributed by atoms with van der Waals surface area (Å²) in [6, 6.07) is 9.92. The van der Waals surface area contributed by atoms with Crippen molar-refractivity contribution in [2.45, 2.75) is 12.6 Å². The highest BCUT2D eigenvalue weighted by atomic mass is 16.3. The first-order valence-electron chi connectivity index (χ1n) is 5.53. The van der Waals surface area contributed by atoms with Crippen molar-refractivity contribution < 1.29 is 20.2 Å². The van der Waals surface area contributed by atoms with Crippen LogP contribution in [0.15, 0.2) is 30.3 Å². The van der Waals surface area contributed by atoms with Crippen molar-refractivity contribution >= 4 is 0 Å². The van der Waals surface area contributed by atoms with Crippen LogP contribution in [0.3, 0.4) is 0 Å². The minimum absolute atomic E-state index is 0.0836. The second-order valence-corrected chi connectivity index (χ2v) is 3.93. The predicted octanol–water partition coefficient (Wildman–Crippen LogP) is -1.58. The maximum absolute atomic E-state index is 9.38. The van der Waals surface area contributed by atoms with Crippen molar-refractivity contribution in [3.63, 3.8) is 0 Å². The van der Waals surface area contributed by atoms with Crippen LogP contribution in [0.1, 0.15) is 5.56 Å². The zero-order valence-electron chi connectivity index (χ0n) is 9.34. The van der Waals surface area contributed by atoms with E-state index in [1.54, 1.807) is 0 Å². The normalized spacial score (nSPS) is 14.7. The van der Waals surface area contributed by atoms with Crippen LogP contribution in [0.2, 0.25) is 0 Å². The van der Waals surface area contributed by atoms with E-state index in [2.05, 4.69) is 0 Å². The lowest BCUT2D eigenvalue weighted by molar-refractivity contribution is -0.917. The van der Waals surface area contributed by atoms with Gasteiger partial charge in [-0.25, -0.2) is 0 Å². The van der Waals surface area contributed by atoms with E-state index in [1.165, 1.54) is 0 Å². The number of rotatable bonds is 7. The molecule has 1 rings (SSSR count). The van der Waals surface area contributed by atoms with Gasteiger partial charge in [-0.3, -0.25) is 0 Å². The SMILES string of the molecule is OCC[NH+](Cc1ccccc1)C[C@H](O)CO. The van der Waals surface area contributed by atoms with E-state index in [0.29, 0.717) is 13.1 Å². The fraction of sp³-hybridized carbons (Fsp3) is 0.500. The molecule has 0 saturated heterocycles. The highest BCUT2D eigenvalue weighted by molar-refractivity contribution is 5.13. The standard InChI is InChI=1S/C12H19NO3/c14-7-6-13(9-12(16)10-15)8-11-4-2-1-3-5-11/h1-5,12,14-16H,6-10H2/p+1/t12-/m0/s1. The van der Waals surface area contributed by atoms with Gasteiger partial charge in [-0.15, -0.1) is 0 Å². The molecule has 16 heavy (non-hydrogen) atoms. The molecule has 2 atom stereocenters. The second kappa shape index (κ2) is 7.35. The topological polar surface area (TPSA) is 65.1 Å². The number of hydrogen-bond acceptors (Lipinski definition) is 3. The molecule has 0 spiro atoms. The Kier molecular flexibility index (Phi) is 6.03. The van der Waals surface area contributed by atoms with Gasteiger partial charge in [0.25, 0.3) is 0 Å². The fourth-order valence-corrected chi connectivity index (χ4v) is 1.70. The quantitative estimate of drug-likeness (QED) is 0.453. The zero-order valence-corrected chi connectivity index (χ0v) is 9.34. The molecule has 4 heteroatoms. The number of benzene rings is 1. The van der Waals surface area contributed by atoms with Gasteiger partial charge in [0.2, 0.25) is 0 Å². The molecular formula is C12H20NO3+. The zero-order chi connectivity index (χ0) is 11.8. The molecule has 0 heterocycles. The Bertz CT molecular complexity index is 279. The number of aliphatic hydroxyl groups excluding tert-OH is 3. The van der Waals surface area contributed by atoms with Crippen molar-refractivity contribution in [1.82, 2.24) is 0 Å². The molecule has 1 unspecified atom stereocenters. The van der Waals surface area contributed by atoms with E-state index in [1.807, 2.05) is 30.3 Å². The lowest BCUT2D eigenvalue weighted by Gasteiger charge is -2.20. The average Bonchev–Trinajstić information content (AvgIpc) is 2.30. The molecule has 0 bridgehead atoms. The van der Waals surface area contributed by atoms with E-state index in [9.17, 15) is 5.11 Å². The van der Waals surface area contributed by atoms with E-state index in [4.69, 9.17) is 10.2 Å². The van der Waals surface area contributed by atoms with Crippen LogP contribution in [0.4, 0.5) is 0 Å². The Morgan fingerprint density at radius 2 is 1.81 bits per heavy atom. The van der Waals surface area contributed by atoms with Gasteiger partial charge in [0.05, 0.1) is 13.2 Å². The van der Waals surface area contributed by atoms with Gasteiger partial charge in [-0.1, -0.05) is 30.3 Å². The van der Waals surface area contributed by atoms with E-state index in [-0.39, 0.29) is 13.2 Å². The van der Waals surface area contributed by atoms with Crippen LogP contribution < -0.4 is 4.90 Å². The molecule has 0 fully saturated rings. The summed E-state index contributed by atoms with van der Waals surface area (Å²) in [7, 11) is 0. The highest BCUT2D eigenvalue weighted by Crippen LogP contribution is 1.95. The van der Waals surface area contributed by atoms with Crippen molar-refractivity contribution in [3.8, 4) is 0 Å². The van der Waals surface area contributed by atoms with Gasteiger partial charge >= 0.3 is 0 Å². The third kappa shape index (κ3) is 4.72. The van der Waals surface area contributed by atoms with Crippen molar-refractivity contribution in [2.75, 3.05) is 26.3 Å². The van der Waals surface area contributed by atoms with Crippen LogP contribution in [0.25, 0.3) is 0 Å². The van der Waals surface area contributed by atoms with Gasteiger partial charge < -0.3 is 20.2 Å².